The number of hydrogen-bond acceptors (Lipinski definition) is 5. The Morgan fingerprint density at radius 1 is 1.13 bits per heavy atom. The lowest BCUT2D eigenvalue weighted by Gasteiger charge is -2.29. The molecule has 1 aliphatic rings. The summed E-state index contributed by atoms with van der Waals surface area (Å²) in [5, 5.41) is 2.63. The SMILES string of the molecule is CC(C)CCO[C@@H](C)C(=O)N[C@@H](C)C(=O)N1CCS(=O)(=O)CC1. The summed E-state index contributed by atoms with van der Waals surface area (Å²) >= 11 is 0. The van der Waals surface area contributed by atoms with Gasteiger partial charge in [-0.2, -0.15) is 0 Å². The third kappa shape index (κ3) is 6.87. The first-order valence-corrected chi connectivity index (χ1v) is 9.85. The van der Waals surface area contributed by atoms with Gasteiger partial charge in [0.2, 0.25) is 11.8 Å². The van der Waals surface area contributed by atoms with Crippen LogP contribution in [-0.2, 0) is 24.2 Å². The maximum absolute atomic E-state index is 12.2. The molecule has 1 fully saturated rings. The molecule has 1 aliphatic heterocycles. The highest BCUT2D eigenvalue weighted by molar-refractivity contribution is 7.91. The summed E-state index contributed by atoms with van der Waals surface area (Å²) in [4.78, 5) is 25.7. The van der Waals surface area contributed by atoms with Crippen molar-refractivity contribution in [3.63, 3.8) is 0 Å². The van der Waals surface area contributed by atoms with Gasteiger partial charge in [-0.25, -0.2) is 8.42 Å². The zero-order chi connectivity index (χ0) is 17.6. The van der Waals surface area contributed by atoms with Crippen LogP contribution in [0.5, 0.6) is 0 Å². The molecule has 2 amide bonds. The predicted molar refractivity (Wildman–Crippen MR) is 87.7 cm³/mol. The van der Waals surface area contributed by atoms with E-state index in [9.17, 15) is 18.0 Å². The first-order valence-electron chi connectivity index (χ1n) is 8.03. The van der Waals surface area contributed by atoms with Crippen LogP contribution in [-0.4, -0.2) is 68.5 Å². The second-order valence-electron chi connectivity index (χ2n) is 6.40. The first kappa shape index (κ1) is 19.9. The minimum atomic E-state index is -3.03. The molecule has 0 radical (unpaired) electrons. The van der Waals surface area contributed by atoms with Crippen molar-refractivity contribution >= 4 is 21.7 Å². The molecule has 1 N–H and O–H groups in total. The van der Waals surface area contributed by atoms with E-state index < -0.39 is 22.0 Å². The fraction of sp³-hybridized carbons (Fsp3) is 0.867. The van der Waals surface area contributed by atoms with Crippen LogP contribution < -0.4 is 5.32 Å². The van der Waals surface area contributed by atoms with Crippen LogP contribution >= 0.6 is 0 Å². The molecular weight excluding hydrogens is 320 g/mol. The Hall–Kier alpha value is -1.15. The minimum Gasteiger partial charge on any atom is -0.369 e. The Labute approximate surface area is 138 Å². The first-order chi connectivity index (χ1) is 10.6. The van der Waals surface area contributed by atoms with Crippen molar-refractivity contribution < 1.29 is 22.7 Å². The Bertz CT molecular complexity index is 504. The fourth-order valence-corrected chi connectivity index (χ4v) is 3.36. The largest absolute Gasteiger partial charge is 0.369 e. The Kier molecular flexibility index (Phi) is 7.47. The van der Waals surface area contributed by atoms with Crippen molar-refractivity contribution in [3.05, 3.63) is 0 Å². The topological polar surface area (TPSA) is 92.8 Å². The maximum Gasteiger partial charge on any atom is 0.249 e. The molecule has 1 rings (SSSR count). The lowest BCUT2D eigenvalue weighted by Crippen LogP contribution is -2.53. The van der Waals surface area contributed by atoms with E-state index in [0.717, 1.165) is 6.42 Å². The number of ether oxygens (including phenoxy) is 1. The zero-order valence-corrected chi connectivity index (χ0v) is 15.2. The highest BCUT2D eigenvalue weighted by atomic mass is 32.2. The number of amides is 2. The van der Waals surface area contributed by atoms with Gasteiger partial charge in [-0.15, -0.1) is 0 Å². The van der Waals surface area contributed by atoms with Crippen LogP contribution in [0.15, 0.2) is 0 Å². The van der Waals surface area contributed by atoms with Crippen molar-refractivity contribution in [2.24, 2.45) is 5.92 Å². The number of nitrogens with zero attached hydrogens (tertiary/aromatic N) is 1. The molecule has 0 saturated carbocycles. The lowest BCUT2D eigenvalue weighted by atomic mass is 10.1. The molecule has 0 aromatic carbocycles. The van der Waals surface area contributed by atoms with Crippen LogP contribution in [0.3, 0.4) is 0 Å². The number of carbonyl (C=O) groups excluding carboxylic acids is 2. The van der Waals surface area contributed by atoms with E-state index in [1.165, 1.54) is 4.90 Å². The molecule has 134 valence electrons. The van der Waals surface area contributed by atoms with Gasteiger partial charge < -0.3 is 15.0 Å². The fourth-order valence-electron chi connectivity index (χ4n) is 2.16. The van der Waals surface area contributed by atoms with Crippen molar-refractivity contribution in [1.82, 2.24) is 10.2 Å². The Balaban J connectivity index is 2.40. The van der Waals surface area contributed by atoms with Gasteiger partial charge in [-0.3, -0.25) is 9.59 Å². The van der Waals surface area contributed by atoms with Crippen LogP contribution in [0.25, 0.3) is 0 Å². The molecule has 0 aromatic rings. The van der Waals surface area contributed by atoms with Gasteiger partial charge in [-0.1, -0.05) is 13.8 Å². The smallest absolute Gasteiger partial charge is 0.249 e. The van der Waals surface area contributed by atoms with Crippen molar-refractivity contribution in [2.75, 3.05) is 31.2 Å². The Morgan fingerprint density at radius 2 is 1.70 bits per heavy atom. The molecule has 1 saturated heterocycles. The summed E-state index contributed by atoms with van der Waals surface area (Å²) in [6.07, 6.45) is 0.250. The molecule has 0 aliphatic carbocycles. The van der Waals surface area contributed by atoms with Crippen LogP contribution in [0, 0.1) is 5.92 Å². The number of hydrogen-bond donors (Lipinski definition) is 1. The molecule has 0 unspecified atom stereocenters. The highest BCUT2D eigenvalue weighted by Gasteiger charge is 2.29. The quantitative estimate of drug-likeness (QED) is 0.709. The number of carbonyl (C=O) groups is 2. The summed E-state index contributed by atoms with van der Waals surface area (Å²) in [7, 11) is -3.03. The zero-order valence-electron chi connectivity index (χ0n) is 14.4. The second-order valence-corrected chi connectivity index (χ2v) is 8.71. The molecule has 7 nitrogen and oxygen atoms in total. The average Bonchev–Trinajstić information content (AvgIpc) is 2.45. The third-order valence-corrected chi connectivity index (χ3v) is 5.43. The molecular formula is C15H28N2O5S. The standard InChI is InChI=1S/C15H28N2O5S/c1-11(2)5-8-22-13(4)14(18)16-12(3)15(19)17-6-9-23(20,21)10-7-17/h11-13H,5-10H2,1-4H3,(H,16,18)/t12-,13-/m0/s1. The number of rotatable bonds is 7. The van der Waals surface area contributed by atoms with Crippen LogP contribution in [0.1, 0.15) is 34.1 Å². The number of nitrogens with one attached hydrogen (secondary N) is 1. The molecule has 0 bridgehead atoms. The lowest BCUT2D eigenvalue weighted by molar-refractivity contribution is -0.139. The monoisotopic (exact) mass is 348 g/mol. The van der Waals surface area contributed by atoms with E-state index in [1.807, 2.05) is 0 Å². The van der Waals surface area contributed by atoms with Gasteiger partial charge in [0.1, 0.15) is 12.1 Å². The van der Waals surface area contributed by atoms with Crippen molar-refractivity contribution in [2.45, 2.75) is 46.3 Å². The van der Waals surface area contributed by atoms with Gasteiger partial charge in [0.15, 0.2) is 9.84 Å². The van der Waals surface area contributed by atoms with Gasteiger partial charge in [0.25, 0.3) is 0 Å². The molecule has 0 aromatic heterocycles. The van der Waals surface area contributed by atoms with E-state index in [0.29, 0.717) is 12.5 Å². The molecule has 1 heterocycles. The van der Waals surface area contributed by atoms with Crippen LogP contribution in [0.4, 0.5) is 0 Å². The van der Waals surface area contributed by atoms with Crippen LogP contribution in [0.2, 0.25) is 0 Å². The van der Waals surface area contributed by atoms with Gasteiger partial charge in [0, 0.05) is 19.7 Å². The van der Waals surface area contributed by atoms with E-state index in [2.05, 4.69) is 19.2 Å². The van der Waals surface area contributed by atoms with Gasteiger partial charge in [-0.05, 0) is 26.2 Å². The van der Waals surface area contributed by atoms with E-state index in [4.69, 9.17) is 4.74 Å². The van der Waals surface area contributed by atoms with Gasteiger partial charge in [0.05, 0.1) is 11.5 Å². The third-order valence-electron chi connectivity index (χ3n) is 3.82. The molecule has 0 spiro atoms. The summed E-state index contributed by atoms with van der Waals surface area (Å²) in [6.45, 7) is 8.27. The van der Waals surface area contributed by atoms with Gasteiger partial charge >= 0.3 is 0 Å². The summed E-state index contributed by atoms with van der Waals surface area (Å²) < 4.78 is 28.2. The normalized spacial score (nSPS) is 20.1. The predicted octanol–water partition coefficient (Wildman–Crippen LogP) is 0.199. The summed E-state index contributed by atoms with van der Waals surface area (Å²) in [5.74, 6) is -0.134. The van der Waals surface area contributed by atoms with E-state index in [-0.39, 0.29) is 36.4 Å². The molecule has 23 heavy (non-hydrogen) atoms. The van der Waals surface area contributed by atoms with E-state index >= 15 is 0 Å². The molecule has 2 atom stereocenters. The maximum atomic E-state index is 12.2. The van der Waals surface area contributed by atoms with E-state index in [1.54, 1.807) is 13.8 Å². The van der Waals surface area contributed by atoms with Crippen molar-refractivity contribution in [1.29, 1.82) is 0 Å². The number of sulfone groups is 1. The summed E-state index contributed by atoms with van der Waals surface area (Å²) in [5.41, 5.74) is 0. The summed E-state index contributed by atoms with van der Waals surface area (Å²) in [6, 6.07) is -0.695. The minimum absolute atomic E-state index is 0.0197. The molecule has 8 heteroatoms. The second kappa shape index (κ2) is 8.63. The van der Waals surface area contributed by atoms with Crippen molar-refractivity contribution in [3.8, 4) is 0 Å². The highest BCUT2D eigenvalue weighted by Crippen LogP contribution is 2.06. The Morgan fingerprint density at radius 3 is 2.22 bits per heavy atom. The average molecular weight is 348 g/mol.